The maximum Gasteiger partial charge on any atom is 0.322 e. The maximum absolute atomic E-state index is 12.8. The lowest BCUT2D eigenvalue weighted by Crippen LogP contribution is -2.49. The number of benzene rings is 1. The van der Waals surface area contributed by atoms with Crippen molar-refractivity contribution in [1.82, 2.24) is 25.0 Å². The molecule has 1 unspecified atom stereocenters. The highest BCUT2D eigenvalue weighted by atomic mass is 16.2. The highest BCUT2D eigenvalue weighted by molar-refractivity contribution is 5.94. The third-order valence-corrected chi connectivity index (χ3v) is 4.50. The van der Waals surface area contributed by atoms with Crippen LogP contribution in [0.3, 0.4) is 0 Å². The fourth-order valence-corrected chi connectivity index (χ4v) is 3.17. The van der Waals surface area contributed by atoms with Gasteiger partial charge in [0.25, 0.3) is 0 Å². The lowest BCUT2D eigenvalue weighted by molar-refractivity contribution is -0.125. The van der Waals surface area contributed by atoms with Crippen molar-refractivity contribution in [3.8, 4) is 11.4 Å². The van der Waals surface area contributed by atoms with Gasteiger partial charge in [0.15, 0.2) is 5.82 Å². The Bertz CT molecular complexity index is 799. The van der Waals surface area contributed by atoms with Crippen LogP contribution in [0.15, 0.2) is 30.6 Å². The third-order valence-electron chi connectivity index (χ3n) is 4.50. The van der Waals surface area contributed by atoms with E-state index in [4.69, 9.17) is 0 Å². The minimum Gasteiger partial charge on any atom is -0.354 e. The van der Waals surface area contributed by atoms with Gasteiger partial charge in [0.2, 0.25) is 5.91 Å². The number of hydrogen-bond acceptors (Lipinski definition) is 4. The van der Waals surface area contributed by atoms with E-state index >= 15 is 0 Å². The van der Waals surface area contributed by atoms with Crippen LogP contribution in [0.5, 0.6) is 0 Å². The summed E-state index contributed by atoms with van der Waals surface area (Å²) in [6.07, 6.45) is 3.03. The second-order valence-corrected chi connectivity index (χ2v) is 7.23. The molecule has 1 aromatic carbocycles. The number of aromatic nitrogens is 3. The van der Waals surface area contributed by atoms with Gasteiger partial charge in [-0.25, -0.2) is 9.78 Å². The van der Waals surface area contributed by atoms with Gasteiger partial charge in [0, 0.05) is 31.4 Å². The lowest BCUT2D eigenvalue weighted by Gasteiger charge is -2.29. The Morgan fingerprint density at radius 3 is 2.70 bits per heavy atom. The van der Waals surface area contributed by atoms with Gasteiger partial charge in [0.05, 0.1) is 0 Å². The Morgan fingerprint density at radius 1 is 1.33 bits per heavy atom. The van der Waals surface area contributed by atoms with E-state index in [1.807, 2.05) is 31.3 Å². The molecule has 0 saturated carbocycles. The van der Waals surface area contributed by atoms with E-state index in [1.54, 1.807) is 15.9 Å². The van der Waals surface area contributed by atoms with E-state index in [0.29, 0.717) is 36.9 Å². The molecule has 0 bridgehead atoms. The van der Waals surface area contributed by atoms with Gasteiger partial charge in [-0.05, 0) is 43.0 Å². The number of nitrogens with one attached hydrogen (secondary N) is 2. The number of hydrogen-bond donors (Lipinski definition) is 2. The van der Waals surface area contributed by atoms with Crippen molar-refractivity contribution in [1.29, 1.82) is 0 Å². The highest BCUT2D eigenvalue weighted by Gasteiger charge is 2.32. The van der Waals surface area contributed by atoms with Crippen molar-refractivity contribution in [3.63, 3.8) is 0 Å². The average Bonchev–Trinajstić information content (AvgIpc) is 2.98. The van der Waals surface area contributed by atoms with Crippen molar-refractivity contribution < 1.29 is 9.59 Å². The fraction of sp³-hybridized carbons (Fsp3) is 0.474. The molecule has 3 amide bonds. The molecule has 2 heterocycles. The van der Waals surface area contributed by atoms with Gasteiger partial charge in [-0.2, -0.15) is 5.10 Å². The van der Waals surface area contributed by atoms with E-state index in [1.165, 1.54) is 0 Å². The van der Waals surface area contributed by atoms with Gasteiger partial charge in [-0.1, -0.05) is 13.8 Å². The average molecular weight is 370 g/mol. The normalized spacial score (nSPS) is 17.6. The number of nitrogens with zero attached hydrogens (tertiary/aromatic N) is 4. The number of amides is 3. The Morgan fingerprint density at radius 2 is 2.07 bits per heavy atom. The molecular formula is C19H26N6O2. The highest BCUT2D eigenvalue weighted by Crippen LogP contribution is 2.20. The molecule has 0 aliphatic carbocycles. The summed E-state index contributed by atoms with van der Waals surface area (Å²) in [6.45, 7) is 5.26. The second-order valence-electron chi connectivity index (χ2n) is 7.23. The summed E-state index contributed by atoms with van der Waals surface area (Å²) in [5.74, 6) is 0.879. The van der Waals surface area contributed by atoms with Crippen molar-refractivity contribution >= 4 is 17.6 Å². The van der Waals surface area contributed by atoms with E-state index < -0.39 is 6.04 Å². The molecule has 1 aliphatic heterocycles. The topological polar surface area (TPSA) is 92.2 Å². The Balaban J connectivity index is 1.71. The SMILES string of the molecule is CC(C)CC1C(=O)NCCCN1C(=O)Nc1ccc(-c2ncn(C)n2)cc1. The summed E-state index contributed by atoms with van der Waals surface area (Å²) in [5.41, 5.74) is 1.55. The second kappa shape index (κ2) is 8.20. The number of carbonyl (C=O) groups excluding carboxylic acids is 2. The van der Waals surface area contributed by atoms with Gasteiger partial charge >= 0.3 is 6.03 Å². The lowest BCUT2D eigenvalue weighted by atomic mass is 10.0. The van der Waals surface area contributed by atoms with E-state index in [2.05, 4.69) is 34.6 Å². The number of aryl methyl sites for hydroxylation is 1. The summed E-state index contributed by atoms with van der Waals surface area (Å²) < 4.78 is 1.64. The van der Waals surface area contributed by atoms with Gasteiger partial charge in [0.1, 0.15) is 12.4 Å². The van der Waals surface area contributed by atoms with Crippen molar-refractivity contribution in [2.75, 3.05) is 18.4 Å². The third kappa shape index (κ3) is 4.64. The number of anilines is 1. The molecule has 144 valence electrons. The summed E-state index contributed by atoms with van der Waals surface area (Å²) in [6, 6.07) is 6.68. The fourth-order valence-electron chi connectivity index (χ4n) is 3.17. The first-order valence-electron chi connectivity index (χ1n) is 9.25. The van der Waals surface area contributed by atoms with Crippen LogP contribution in [-0.2, 0) is 11.8 Å². The molecule has 1 aliphatic rings. The Kier molecular flexibility index (Phi) is 5.73. The Labute approximate surface area is 159 Å². The molecular weight excluding hydrogens is 344 g/mol. The van der Waals surface area contributed by atoms with Crippen LogP contribution in [-0.4, -0.2) is 50.7 Å². The van der Waals surface area contributed by atoms with Crippen LogP contribution < -0.4 is 10.6 Å². The first kappa shape index (κ1) is 18.9. The summed E-state index contributed by atoms with van der Waals surface area (Å²) in [5, 5.41) is 10.1. The predicted molar refractivity (Wildman–Crippen MR) is 103 cm³/mol. The molecule has 1 fully saturated rings. The molecule has 0 radical (unpaired) electrons. The monoisotopic (exact) mass is 370 g/mol. The molecule has 1 aromatic heterocycles. The first-order chi connectivity index (χ1) is 12.9. The van der Waals surface area contributed by atoms with Crippen LogP contribution >= 0.6 is 0 Å². The smallest absolute Gasteiger partial charge is 0.322 e. The van der Waals surface area contributed by atoms with E-state index in [-0.39, 0.29) is 11.9 Å². The number of carbonyl (C=O) groups is 2. The predicted octanol–water partition coefficient (Wildman–Crippen LogP) is 2.25. The Hall–Kier alpha value is -2.90. The van der Waals surface area contributed by atoms with Crippen molar-refractivity contribution in [2.45, 2.75) is 32.7 Å². The van der Waals surface area contributed by atoms with Gasteiger partial charge < -0.3 is 15.5 Å². The molecule has 2 N–H and O–H groups in total. The van der Waals surface area contributed by atoms with Crippen LogP contribution in [0.2, 0.25) is 0 Å². The zero-order chi connectivity index (χ0) is 19.4. The maximum atomic E-state index is 12.8. The quantitative estimate of drug-likeness (QED) is 0.863. The van der Waals surface area contributed by atoms with Crippen molar-refractivity contribution in [3.05, 3.63) is 30.6 Å². The molecule has 3 rings (SSSR count). The molecule has 27 heavy (non-hydrogen) atoms. The number of urea groups is 1. The minimum absolute atomic E-state index is 0.0760. The van der Waals surface area contributed by atoms with Crippen molar-refractivity contribution in [2.24, 2.45) is 13.0 Å². The molecule has 1 atom stereocenters. The van der Waals surface area contributed by atoms with E-state index in [0.717, 1.165) is 12.0 Å². The summed E-state index contributed by atoms with van der Waals surface area (Å²) >= 11 is 0. The van der Waals surface area contributed by atoms with Gasteiger partial charge in [-0.3, -0.25) is 9.48 Å². The molecule has 8 nitrogen and oxygen atoms in total. The van der Waals surface area contributed by atoms with Crippen LogP contribution in [0, 0.1) is 5.92 Å². The number of rotatable bonds is 4. The largest absolute Gasteiger partial charge is 0.354 e. The molecule has 8 heteroatoms. The molecule has 2 aromatic rings. The van der Waals surface area contributed by atoms with E-state index in [9.17, 15) is 9.59 Å². The zero-order valence-electron chi connectivity index (χ0n) is 16.0. The van der Waals surface area contributed by atoms with Crippen LogP contribution in [0.1, 0.15) is 26.7 Å². The summed E-state index contributed by atoms with van der Waals surface area (Å²) in [4.78, 5) is 31.1. The standard InChI is InChI=1S/C19H26N6O2/c1-13(2)11-16-18(26)20-9-4-10-25(16)19(27)22-15-7-5-14(6-8-15)17-21-12-24(3)23-17/h5-8,12-13,16H,4,9-11H2,1-3H3,(H,20,26)(H,22,27). The summed E-state index contributed by atoms with van der Waals surface area (Å²) in [7, 11) is 1.82. The molecule has 0 spiro atoms. The zero-order valence-corrected chi connectivity index (χ0v) is 16.0. The van der Waals surface area contributed by atoms with Gasteiger partial charge in [-0.15, -0.1) is 0 Å². The van der Waals surface area contributed by atoms with Crippen LogP contribution in [0.4, 0.5) is 10.5 Å². The first-order valence-corrected chi connectivity index (χ1v) is 9.25. The van der Waals surface area contributed by atoms with Crippen LogP contribution in [0.25, 0.3) is 11.4 Å². The molecule has 1 saturated heterocycles. The minimum atomic E-state index is -0.440.